The van der Waals surface area contributed by atoms with Crippen LogP contribution in [0.5, 0.6) is 0 Å². The van der Waals surface area contributed by atoms with Crippen LogP contribution >= 0.6 is 11.6 Å². The Hall–Kier alpha value is -1.36. The number of nitrogens with zero attached hydrogens (tertiary/aromatic N) is 3. The Labute approximate surface area is 137 Å². The Morgan fingerprint density at radius 1 is 1.27 bits per heavy atom. The van der Waals surface area contributed by atoms with Crippen LogP contribution < -0.4 is 0 Å². The Kier molecular flexibility index (Phi) is 6.00. The second-order valence-electron chi connectivity index (χ2n) is 5.91. The van der Waals surface area contributed by atoms with Crippen LogP contribution in [0, 0.1) is 0 Å². The third kappa shape index (κ3) is 4.83. The first-order valence-corrected chi connectivity index (χ1v) is 7.96. The van der Waals surface area contributed by atoms with Gasteiger partial charge in [-0.15, -0.1) is 0 Å². The molecule has 1 N–H and O–H groups in total. The molecule has 2 rings (SSSR count). The van der Waals surface area contributed by atoms with E-state index >= 15 is 0 Å². The van der Waals surface area contributed by atoms with Crippen LogP contribution in [-0.4, -0.2) is 38.2 Å². The maximum atomic E-state index is 9.79. The van der Waals surface area contributed by atoms with Crippen molar-refractivity contribution in [3.05, 3.63) is 53.1 Å². The summed E-state index contributed by atoms with van der Waals surface area (Å²) in [5, 5.41) is 10.5. The quantitative estimate of drug-likeness (QED) is 0.852. The average Bonchev–Trinajstić information content (AvgIpc) is 2.85. The number of imidazole rings is 1. The van der Waals surface area contributed by atoms with E-state index in [1.807, 2.05) is 36.9 Å². The van der Waals surface area contributed by atoms with Crippen molar-refractivity contribution in [2.45, 2.75) is 39.0 Å². The predicted octanol–water partition coefficient (Wildman–Crippen LogP) is 2.89. The summed E-state index contributed by atoms with van der Waals surface area (Å²) in [5.41, 5.74) is 1.24. The maximum Gasteiger partial charge on any atom is 0.122 e. The van der Waals surface area contributed by atoms with Crippen LogP contribution in [0.1, 0.15) is 25.2 Å². The van der Waals surface area contributed by atoms with Crippen molar-refractivity contribution in [3.63, 3.8) is 0 Å². The summed E-state index contributed by atoms with van der Waals surface area (Å²) in [5.74, 6) is 1.00. The number of hydrogen-bond acceptors (Lipinski definition) is 3. The maximum absolute atomic E-state index is 9.79. The van der Waals surface area contributed by atoms with E-state index in [1.54, 1.807) is 6.20 Å². The Morgan fingerprint density at radius 2 is 1.95 bits per heavy atom. The third-order valence-electron chi connectivity index (χ3n) is 3.83. The van der Waals surface area contributed by atoms with E-state index in [9.17, 15) is 5.11 Å². The normalized spacial score (nSPS) is 14.3. The van der Waals surface area contributed by atoms with E-state index in [4.69, 9.17) is 11.6 Å². The molecule has 0 aliphatic carbocycles. The molecule has 0 saturated carbocycles. The molecule has 0 aliphatic heterocycles. The summed E-state index contributed by atoms with van der Waals surface area (Å²) in [6.45, 7) is 5.35. The zero-order chi connectivity index (χ0) is 16.1. The fourth-order valence-electron chi connectivity index (χ4n) is 2.56. The molecule has 1 unspecified atom stereocenters. The van der Waals surface area contributed by atoms with Gasteiger partial charge in [-0.1, -0.05) is 23.7 Å². The number of aromatic nitrogens is 2. The summed E-state index contributed by atoms with van der Waals surface area (Å²) in [4.78, 5) is 6.65. The molecule has 0 aliphatic rings. The minimum atomic E-state index is -0.368. The van der Waals surface area contributed by atoms with Crippen molar-refractivity contribution >= 4 is 11.6 Å². The highest BCUT2D eigenvalue weighted by Crippen LogP contribution is 2.15. The number of hydrogen-bond donors (Lipinski definition) is 1. The van der Waals surface area contributed by atoms with Crippen molar-refractivity contribution in [3.8, 4) is 0 Å². The van der Waals surface area contributed by atoms with Gasteiger partial charge in [0.15, 0.2) is 0 Å². The van der Waals surface area contributed by atoms with Crippen LogP contribution in [0.15, 0.2) is 36.7 Å². The molecule has 1 aromatic carbocycles. The SMILES string of the molecule is CC(Cc1ccc(Cl)cc1)N(Cc1nccn1C)C[C@@H](C)O. The fraction of sp³-hybridized carbons (Fsp3) is 0.471. The highest BCUT2D eigenvalue weighted by atomic mass is 35.5. The van der Waals surface area contributed by atoms with Gasteiger partial charge >= 0.3 is 0 Å². The molecule has 22 heavy (non-hydrogen) atoms. The van der Waals surface area contributed by atoms with Gasteiger partial charge in [-0.25, -0.2) is 4.98 Å². The molecule has 2 aromatic rings. The standard InChI is InChI=1S/C17H24ClN3O/c1-13(10-15-4-6-16(18)7-5-15)21(11-14(2)22)12-17-19-8-9-20(17)3/h4-9,13-14,22H,10-12H2,1-3H3/t13?,14-/m1/s1. The molecule has 4 nitrogen and oxygen atoms in total. The topological polar surface area (TPSA) is 41.3 Å². The fourth-order valence-corrected chi connectivity index (χ4v) is 2.69. The molecule has 0 fully saturated rings. The van der Waals surface area contributed by atoms with Gasteiger partial charge in [-0.3, -0.25) is 4.90 Å². The highest BCUT2D eigenvalue weighted by molar-refractivity contribution is 6.30. The van der Waals surface area contributed by atoms with Gasteiger partial charge in [-0.2, -0.15) is 0 Å². The summed E-state index contributed by atoms with van der Waals surface area (Å²) in [6, 6.07) is 8.25. The predicted molar refractivity (Wildman–Crippen MR) is 89.9 cm³/mol. The van der Waals surface area contributed by atoms with Gasteiger partial charge in [0, 0.05) is 37.1 Å². The minimum Gasteiger partial charge on any atom is -0.392 e. The van der Waals surface area contributed by atoms with Crippen molar-refractivity contribution in [2.75, 3.05) is 6.54 Å². The number of rotatable bonds is 7. The second-order valence-corrected chi connectivity index (χ2v) is 6.35. The van der Waals surface area contributed by atoms with Crippen LogP contribution in [0.2, 0.25) is 5.02 Å². The van der Waals surface area contributed by atoms with E-state index in [0.717, 1.165) is 23.8 Å². The number of halogens is 1. The van der Waals surface area contributed by atoms with E-state index < -0.39 is 0 Å². The van der Waals surface area contributed by atoms with Crippen molar-refractivity contribution in [2.24, 2.45) is 7.05 Å². The van der Waals surface area contributed by atoms with Crippen LogP contribution in [0.4, 0.5) is 0 Å². The molecular weight excluding hydrogens is 298 g/mol. The lowest BCUT2D eigenvalue weighted by atomic mass is 10.1. The molecule has 0 bridgehead atoms. The van der Waals surface area contributed by atoms with Crippen molar-refractivity contribution in [1.29, 1.82) is 0 Å². The highest BCUT2D eigenvalue weighted by Gasteiger charge is 2.18. The van der Waals surface area contributed by atoms with Gasteiger partial charge in [-0.05, 0) is 38.0 Å². The zero-order valence-corrected chi connectivity index (χ0v) is 14.2. The van der Waals surface area contributed by atoms with E-state index in [-0.39, 0.29) is 6.10 Å². The van der Waals surface area contributed by atoms with Gasteiger partial charge in [0.05, 0.1) is 12.6 Å². The molecule has 5 heteroatoms. The molecule has 2 atom stereocenters. The Balaban J connectivity index is 2.06. The van der Waals surface area contributed by atoms with Gasteiger partial charge in [0.1, 0.15) is 5.82 Å². The second kappa shape index (κ2) is 7.77. The number of aliphatic hydroxyl groups excluding tert-OH is 1. The smallest absolute Gasteiger partial charge is 0.122 e. The van der Waals surface area contributed by atoms with E-state index in [0.29, 0.717) is 12.6 Å². The monoisotopic (exact) mass is 321 g/mol. The molecule has 1 heterocycles. The van der Waals surface area contributed by atoms with Crippen LogP contribution in [0.25, 0.3) is 0 Å². The van der Waals surface area contributed by atoms with Crippen LogP contribution in [0.3, 0.4) is 0 Å². The van der Waals surface area contributed by atoms with Gasteiger partial charge in [0.2, 0.25) is 0 Å². The van der Waals surface area contributed by atoms with E-state index in [2.05, 4.69) is 28.9 Å². The largest absolute Gasteiger partial charge is 0.392 e. The van der Waals surface area contributed by atoms with Gasteiger partial charge < -0.3 is 9.67 Å². The zero-order valence-electron chi connectivity index (χ0n) is 13.4. The molecular formula is C17H24ClN3O. The van der Waals surface area contributed by atoms with Crippen molar-refractivity contribution < 1.29 is 5.11 Å². The Morgan fingerprint density at radius 3 is 2.50 bits per heavy atom. The first-order valence-electron chi connectivity index (χ1n) is 7.58. The average molecular weight is 322 g/mol. The Bertz CT molecular complexity index is 580. The number of aliphatic hydroxyl groups is 1. The summed E-state index contributed by atoms with van der Waals surface area (Å²) in [6.07, 6.45) is 4.29. The lowest BCUT2D eigenvalue weighted by molar-refractivity contribution is 0.0948. The number of benzene rings is 1. The number of aryl methyl sites for hydroxylation is 1. The third-order valence-corrected chi connectivity index (χ3v) is 4.08. The lowest BCUT2D eigenvalue weighted by Crippen LogP contribution is -2.39. The first-order chi connectivity index (χ1) is 10.5. The summed E-state index contributed by atoms with van der Waals surface area (Å²) < 4.78 is 2.02. The summed E-state index contributed by atoms with van der Waals surface area (Å²) >= 11 is 5.94. The van der Waals surface area contributed by atoms with Crippen molar-refractivity contribution in [1.82, 2.24) is 14.5 Å². The molecule has 120 valence electrons. The molecule has 1 aromatic heterocycles. The summed E-state index contributed by atoms with van der Waals surface area (Å²) in [7, 11) is 1.99. The van der Waals surface area contributed by atoms with Gasteiger partial charge in [0.25, 0.3) is 0 Å². The molecule has 0 amide bonds. The molecule has 0 spiro atoms. The first kappa shape index (κ1) is 17.0. The lowest BCUT2D eigenvalue weighted by Gasteiger charge is -2.30. The van der Waals surface area contributed by atoms with Crippen LogP contribution in [-0.2, 0) is 20.0 Å². The molecule has 0 radical (unpaired) electrons. The van der Waals surface area contributed by atoms with E-state index in [1.165, 1.54) is 5.56 Å². The minimum absolute atomic E-state index is 0.299. The molecule has 0 saturated heterocycles.